The highest BCUT2D eigenvalue weighted by Gasteiger charge is 2.31. The summed E-state index contributed by atoms with van der Waals surface area (Å²) in [5.74, 6) is 1.46. The van der Waals surface area contributed by atoms with Gasteiger partial charge in [0.1, 0.15) is 5.75 Å². The number of alkyl halides is 3. The number of unbranched alkanes of at least 4 members (excludes halogenated alkanes) is 2. The second-order valence-corrected chi connectivity index (χ2v) is 9.41. The number of benzene rings is 2. The lowest BCUT2D eigenvalue weighted by atomic mass is 9.77. The Kier molecular flexibility index (Phi) is 7.27. The number of ether oxygens (including phenoxy) is 1. The van der Waals surface area contributed by atoms with Gasteiger partial charge in [0.05, 0.1) is 0 Å². The van der Waals surface area contributed by atoms with Gasteiger partial charge >= 0.3 is 6.36 Å². The first-order valence-corrected chi connectivity index (χ1v) is 12.1. The summed E-state index contributed by atoms with van der Waals surface area (Å²) in [6.07, 6.45) is 9.77. The van der Waals surface area contributed by atoms with Gasteiger partial charge in [-0.15, -0.1) is 13.2 Å². The Morgan fingerprint density at radius 1 is 0.906 bits per heavy atom. The number of aryl methyl sites for hydroxylation is 1. The van der Waals surface area contributed by atoms with Gasteiger partial charge in [0, 0.05) is 0 Å². The lowest BCUT2D eigenvalue weighted by molar-refractivity contribution is -0.274. The second kappa shape index (κ2) is 10.1. The molecule has 4 rings (SSSR count). The molecule has 2 aromatic carbocycles. The average molecular weight is 443 g/mol. The number of rotatable bonds is 7. The van der Waals surface area contributed by atoms with Crippen LogP contribution in [0.3, 0.4) is 0 Å². The van der Waals surface area contributed by atoms with Gasteiger partial charge in [-0.05, 0) is 90.3 Å². The summed E-state index contributed by atoms with van der Waals surface area (Å²) in [5.41, 5.74) is 5.79. The van der Waals surface area contributed by atoms with E-state index in [-0.39, 0.29) is 5.75 Å². The molecule has 2 aromatic rings. The van der Waals surface area contributed by atoms with Gasteiger partial charge in [-0.3, -0.25) is 0 Å². The van der Waals surface area contributed by atoms with Crippen molar-refractivity contribution in [2.75, 3.05) is 0 Å². The molecule has 0 aliphatic heterocycles. The van der Waals surface area contributed by atoms with Gasteiger partial charge in [0.25, 0.3) is 0 Å². The van der Waals surface area contributed by atoms with Gasteiger partial charge in [-0.1, -0.05) is 69.0 Å². The van der Waals surface area contributed by atoms with E-state index in [0.29, 0.717) is 5.92 Å². The highest BCUT2D eigenvalue weighted by atomic mass is 19.4. The van der Waals surface area contributed by atoms with Gasteiger partial charge < -0.3 is 4.74 Å². The minimum absolute atomic E-state index is 0.141. The van der Waals surface area contributed by atoms with Gasteiger partial charge in [0.15, 0.2) is 0 Å². The molecule has 32 heavy (non-hydrogen) atoms. The van der Waals surface area contributed by atoms with Crippen molar-refractivity contribution in [3.8, 4) is 5.75 Å². The van der Waals surface area contributed by atoms with E-state index in [1.807, 2.05) is 0 Å². The molecule has 0 heterocycles. The third-order valence-corrected chi connectivity index (χ3v) is 7.16. The van der Waals surface area contributed by atoms with Crippen LogP contribution in [0.15, 0.2) is 42.5 Å². The third kappa shape index (κ3) is 5.96. The fourth-order valence-corrected chi connectivity index (χ4v) is 5.33. The molecule has 0 radical (unpaired) electrons. The Labute approximate surface area is 189 Å². The topological polar surface area (TPSA) is 9.23 Å². The fourth-order valence-electron chi connectivity index (χ4n) is 5.33. The van der Waals surface area contributed by atoms with Crippen LogP contribution in [0.1, 0.15) is 92.9 Å². The lowest BCUT2D eigenvalue weighted by Gasteiger charge is -2.29. The van der Waals surface area contributed by atoms with Crippen molar-refractivity contribution in [1.29, 1.82) is 0 Å². The van der Waals surface area contributed by atoms with Crippen LogP contribution < -0.4 is 4.74 Å². The lowest BCUT2D eigenvalue weighted by Crippen LogP contribution is -2.17. The molecule has 4 heteroatoms. The summed E-state index contributed by atoms with van der Waals surface area (Å²) >= 11 is 0. The van der Waals surface area contributed by atoms with Crippen molar-refractivity contribution >= 4 is 11.6 Å². The zero-order valence-corrected chi connectivity index (χ0v) is 18.9. The summed E-state index contributed by atoms with van der Waals surface area (Å²) in [5, 5.41) is 0. The van der Waals surface area contributed by atoms with Gasteiger partial charge in [0.2, 0.25) is 0 Å². The van der Waals surface area contributed by atoms with Crippen LogP contribution in [0, 0.1) is 5.92 Å². The number of fused-ring (bicyclic) bond motifs is 1. The molecule has 0 unspecified atom stereocenters. The molecule has 0 bridgehead atoms. The molecule has 2 aliphatic carbocycles. The number of hydrogen-bond acceptors (Lipinski definition) is 1. The van der Waals surface area contributed by atoms with E-state index in [0.717, 1.165) is 29.9 Å². The molecule has 1 nitrogen and oxygen atoms in total. The molecular weight excluding hydrogens is 409 g/mol. The van der Waals surface area contributed by atoms with E-state index in [1.54, 1.807) is 6.07 Å². The highest BCUT2D eigenvalue weighted by molar-refractivity contribution is 5.84. The Hall–Kier alpha value is -2.23. The Balaban J connectivity index is 1.37. The third-order valence-electron chi connectivity index (χ3n) is 7.16. The number of hydrogen-bond donors (Lipinski definition) is 0. The van der Waals surface area contributed by atoms with E-state index >= 15 is 0 Å². The molecule has 0 spiro atoms. The quantitative estimate of drug-likeness (QED) is 0.389. The predicted octanol–water partition coefficient (Wildman–Crippen LogP) is 8.93. The Bertz CT molecular complexity index is 919. The Morgan fingerprint density at radius 2 is 1.66 bits per heavy atom. The van der Waals surface area contributed by atoms with Crippen LogP contribution in [0.5, 0.6) is 5.75 Å². The molecular formula is C28H33F3O. The summed E-state index contributed by atoms with van der Waals surface area (Å²) in [6.45, 7) is 2.27. The molecule has 1 saturated carbocycles. The molecule has 0 N–H and O–H groups in total. The summed E-state index contributed by atoms with van der Waals surface area (Å²) < 4.78 is 41.5. The first kappa shape index (κ1) is 22.9. The van der Waals surface area contributed by atoms with Crippen molar-refractivity contribution in [2.24, 2.45) is 5.92 Å². The number of halogens is 3. The van der Waals surface area contributed by atoms with E-state index in [2.05, 4.69) is 42.0 Å². The first-order valence-electron chi connectivity index (χ1n) is 12.1. The van der Waals surface area contributed by atoms with Crippen molar-refractivity contribution < 1.29 is 17.9 Å². The number of allylic oxidation sites excluding steroid dienone is 1. The maximum atomic E-state index is 12.5. The largest absolute Gasteiger partial charge is 0.573 e. The zero-order valence-electron chi connectivity index (χ0n) is 18.9. The average Bonchev–Trinajstić information content (AvgIpc) is 2.78. The Morgan fingerprint density at radius 3 is 2.34 bits per heavy atom. The maximum absolute atomic E-state index is 12.5. The summed E-state index contributed by atoms with van der Waals surface area (Å²) in [7, 11) is 0. The monoisotopic (exact) mass is 442 g/mol. The van der Waals surface area contributed by atoms with E-state index in [4.69, 9.17) is 0 Å². The van der Waals surface area contributed by atoms with Crippen LogP contribution in [0.4, 0.5) is 13.2 Å². The molecule has 0 saturated heterocycles. The molecule has 2 aliphatic rings. The van der Waals surface area contributed by atoms with Crippen molar-refractivity contribution in [3.63, 3.8) is 0 Å². The maximum Gasteiger partial charge on any atom is 0.573 e. The van der Waals surface area contributed by atoms with Gasteiger partial charge in [-0.2, -0.15) is 0 Å². The first-order chi connectivity index (χ1) is 15.4. The standard InChI is InChI=1S/C28H33F3O/c1-2-3-4-5-20-6-8-21(9-7-20)22-10-12-23(13-11-22)24-14-15-26-19-27(32-28(29,30)31)17-16-25(26)18-24/h10-13,16-21H,2-9,14-15H2,1H3. The summed E-state index contributed by atoms with van der Waals surface area (Å²) in [6, 6.07) is 13.7. The van der Waals surface area contributed by atoms with Crippen molar-refractivity contribution in [3.05, 3.63) is 64.7 Å². The van der Waals surface area contributed by atoms with Crippen molar-refractivity contribution in [2.45, 2.75) is 83.4 Å². The van der Waals surface area contributed by atoms with Crippen LogP contribution >= 0.6 is 0 Å². The van der Waals surface area contributed by atoms with Gasteiger partial charge in [-0.25, -0.2) is 0 Å². The van der Waals surface area contributed by atoms with Crippen LogP contribution in [-0.4, -0.2) is 6.36 Å². The van der Waals surface area contributed by atoms with Crippen LogP contribution in [-0.2, 0) is 6.42 Å². The molecule has 0 amide bonds. The SMILES string of the molecule is CCCCCC1CCC(c2ccc(C3=Cc4ccc(OC(F)(F)F)cc4CC3)cc2)CC1. The molecule has 1 fully saturated rings. The minimum atomic E-state index is -4.65. The zero-order chi connectivity index (χ0) is 22.6. The van der Waals surface area contributed by atoms with Crippen LogP contribution in [0.2, 0.25) is 0 Å². The predicted molar refractivity (Wildman–Crippen MR) is 125 cm³/mol. The normalized spacial score (nSPS) is 21.1. The second-order valence-electron chi connectivity index (χ2n) is 9.41. The van der Waals surface area contributed by atoms with E-state index in [1.165, 1.54) is 80.2 Å². The fraction of sp³-hybridized carbons (Fsp3) is 0.500. The van der Waals surface area contributed by atoms with Crippen molar-refractivity contribution in [1.82, 2.24) is 0 Å². The van der Waals surface area contributed by atoms with E-state index in [9.17, 15) is 13.2 Å². The molecule has 172 valence electrons. The molecule has 0 atom stereocenters. The highest BCUT2D eigenvalue weighted by Crippen LogP contribution is 2.39. The summed E-state index contributed by atoms with van der Waals surface area (Å²) in [4.78, 5) is 0. The van der Waals surface area contributed by atoms with Crippen LogP contribution in [0.25, 0.3) is 11.6 Å². The van der Waals surface area contributed by atoms with E-state index < -0.39 is 6.36 Å². The minimum Gasteiger partial charge on any atom is -0.406 e. The molecule has 0 aromatic heterocycles. The smallest absolute Gasteiger partial charge is 0.406 e.